The molecule has 0 spiro atoms. The second-order valence-corrected chi connectivity index (χ2v) is 18.7. The van der Waals surface area contributed by atoms with E-state index in [0.717, 1.165) is 11.9 Å². The number of carboxylic acids is 1. The number of alkyl carbamates (subject to hydrolysis) is 1. The number of imidazole rings is 1. The average Bonchev–Trinajstić information content (AvgIpc) is 3.86. The van der Waals surface area contributed by atoms with Gasteiger partial charge in [0.15, 0.2) is 5.95 Å². The highest BCUT2D eigenvalue weighted by Crippen LogP contribution is 2.26. The second-order valence-electron chi connectivity index (χ2n) is 15.5. The molecule has 0 aliphatic heterocycles. The van der Waals surface area contributed by atoms with Crippen LogP contribution in [0.25, 0.3) is 10.9 Å². The zero-order valence-corrected chi connectivity index (χ0v) is 37.5. The van der Waals surface area contributed by atoms with Crippen LogP contribution < -0.4 is 36.0 Å². The minimum absolute atomic E-state index is 0.00655. The molecule has 0 radical (unpaired) electrons. The van der Waals surface area contributed by atoms with Crippen LogP contribution in [0.15, 0.2) is 53.8 Å². The van der Waals surface area contributed by atoms with E-state index < -0.39 is 79.9 Å². The van der Waals surface area contributed by atoms with Gasteiger partial charge in [0.2, 0.25) is 21.8 Å². The number of carbonyl (C=O) groups is 5. The maximum absolute atomic E-state index is 13.5. The van der Waals surface area contributed by atoms with Crippen LogP contribution in [0.2, 0.25) is 0 Å². The van der Waals surface area contributed by atoms with Gasteiger partial charge in [0, 0.05) is 62.5 Å². The van der Waals surface area contributed by atoms with Crippen molar-refractivity contribution < 1.29 is 59.9 Å². The van der Waals surface area contributed by atoms with Gasteiger partial charge in [-0.15, -0.1) is 0 Å². The minimum Gasteiger partial charge on any atom is -0.494 e. The van der Waals surface area contributed by atoms with Gasteiger partial charge in [-0.1, -0.05) is 0 Å². The molecule has 0 aliphatic carbocycles. The molecule has 2 aromatic carbocycles. The van der Waals surface area contributed by atoms with Crippen LogP contribution in [0, 0.1) is 13.8 Å². The maximum atomic E-state index is 13.5. The zero-order chi connectivity index (χ0) is 47.2. The highest BCUT2D eigenvalue weighted by atomic mass is 32.2. The largest absolute Gasteiger partial charge is 0.494 e. The Morgan fingerprint density at radius 1 is 0.922 bits per heavy atom. The third-order valence-corrected chi connectivity index (χ3v) is 11.5. The molecule has 0 aliphatic rings. The molecule has 4 amide bonds. The van der Waals surface area contributed by atoms with Crippen molar-refractivity contribution in [3.63, 3.8) is 0 Å². The first-order valence-corrected chi connectivity index (χ1v) is 23.1. The van der Waals surface area contributed by atoms with E-state index in [9.17, 15) is 50.5 Å². The normalized spacial score (nSPS) is 12.8. The van der Waals surface area contributed by atoms with Crippen molar-refractivity contribution >= 4 is 66.8 Å². The number of aliphatic carboxylic acids is 1. The van der Waals surface area contributed by atoms with E-state index in [0.29, 0.717) is 30.2 Å². The summed E-state index contributed by atoms with van der Waals surface area (Å²) in [5.74, 6) is -3.61. The van der Waals surface area contributed by atoms with E-state index in [1.807, 2.05) is 0 Å². The molecule has 9 N–H and O–H groups in total. The lowest BCUT2D eigenvalue weighted by Gasteiger charge is -2.22. The van der Waals surface area contributed by atoms with Crippen molar-refractivity contribution in [1.29, 1.82) is 0 Å². The highest BCUT2D eigenvalue weighted by Gasteiger charge is 2.30. The van der Waals surface area contributed by atoms with Crippen molar-refractivity contribution in [2.45, 2.75) is 83.0 Å². The lowest BCUT2D eigenvalue weighted by atomic mass is 10.1. The molecule has 2 atom stereocenters. The first-order valence-electron chi connectivity index (χ1n) is 20.0. The Morgan fingerprint density at radius 3 is 2.27 bits per heavy atom. The number of anilines is 1. The SMILES string of the molecule is Cc1cc(OCCCC(=O)NCCNC(=O)[C@H](CS(=O)(=O)O)NC(=O)OC(C)(C)C)cc(C)c1S(=O)(=O)N[C@@H](CNC(=O)c1ccc2c(cnn2CCCNc2ncc[nH]2)c1)C(=O)O. The number of amides is 4. The number of H-pyrrole nitrogens is 1. The van der Waals surface area contributed by atoms with Crippen LogP contribution >= 0.6 is 0 Å². The molecule has 0 saturated carbocycles. The van der Waals surface area contributed by atoms with Gasteiger partial charge in [0.1, 0.15) is 29.2 Å². The average molecular weight is 935 g/mol. The number of ether oxygens (including phenoxy) is 2. The molecule has 2 heterocycles. The summed E-state index contributed by atoms with van der Waals surface area (Å²) in [5, 5.41) is 27.7. The van der Waals surface area contributed by atoms with Gasteiger partial charge in [-0.25, -0.2) is 18.2 Å². The van der Waals surface area contributed by atoms with Gasteiger partial charge < -0.3 is 46.1 Å². The van der Waals surface area contributed by atoms with E-state index >= 15 is 0 Å². The van der Waals surface area contributed by atoms with Crippen LogP contribution in [-0.2, 0) is 45.8 Å². The number of aromatic nitrogens is 4. The molecule has 0 bridgehead atoms. The maximum Gasteiger partial charge on any atom is 0.408 e. The molecule has 4 aromatic rings. The van der Waals surface area contributed by atoms with Crippen LogP contribution in [-0.4, -0.2) is 132 Å². The fraction of sp³-hybridized carbons (Fsp3) is 0.462. The first kappa shape index (κ1) is 50.3. The van der Waals surface area contributed by atoms with Gasteiger partial charge in [-0.2, -0.15) is 18.2 Å². The lowest BCUT2D eigenvalue weighted by Crippen LogP contribution is -2.52. The molecule has 0 unspecified atom stereocenters. The number of hydrogen-bond donors (Lipinski definition) is 9. The molecule has 25 heteroatoms. The molecule has 0 fully saturated rings. The van der Waals surface area contributed by atoms with Gasteiger partial charge >= 0.3 is 12.1 Å². The second kappa shape index (κ2) is 22.4. The predicted octanol–water partition coefficient (Wildman–Crippen LogP) is 1.21. The number of nitrogens with zero attached hydrogens (tertiary/aromatic N) is 3. The summed E-state index contributed by atoms with van der Waals surface area (Å²) in [4.78, 5) is 69.0. The van der Waals surface area contributed by atoms with Crippen LogP contribution in [0.4, 0.5) is 10.7 Å². The van der Waals surface area contributed by atoms with Gasteiger partial charge in [-0.3, -0.25) is 28.4 Å². The Labute approximate surface area is 369 Å². The number of nitrogens with one attached hydrogen (secondary N) is 7. The van der Waals surface area contributed by atoms with Crippen LogP contribution in [0.1, 0.15) is 61.5 Å². The number of benzene rings is 2. The summed E-state index contributed by atoms with van der Waals surface area (Å²) in [6.45, 7) is 8.27. The van der Waals surface area contributed by atoms with Crippen LogP contribution in [0.3, 0.4) is 0 Å². The monoisotopic (exact) mass is 934 g/mol. The predicted molar refractivity (Wildman–Crippen MR) is 232 cm³/mol. The lowest BCUT2D eigenvalue weighted by molar-refractivity contribution is -0.138. The van der Waals surface area contributed by atoms with Crippen LogP contribution in [0.5, 0.6) is 5.75 Å². The van der Waals surface area contributed by atoms with E-state index in [1.165, 1.54) is 26.0 Å². The fourth-order valence-electron chi connectivity index (χ4n) is 6.21. The summed E-state index contributed by atoms with van der Waals surface area (Å²) in [6.07, 6.45) is 4.90. The van der Waals surface area contributed by atoms with Crippen molar-refractivity contribution in [2.24, 2.45) is 0 Å². The molecular formula is C39H54N10O13S2. The summed E-state index contributed by atoms with van der Waals surface area (Å²) in [5.41, 5.74) is 0.582. The fourth-order valence-corrected chi connectivity index (χ4v) is 8.51. The summed E-state index contributed by atoms with van der Waals surface area (Å²) in [7, 11) is -9.08. The number of rotatable bonds is 24. The quantitative estimate of drug-likeness (QED) is 0.0352. The van der Waals surface area contributed by atoms with Gasteiger partial charge in [0.25, 0.3) is 16.0 Å². The van der Waals surface area contributed by atoms with Crippen molar-refractivity contribution in [2.75, 3.05) is 43.9 Å². The van der Waals surface area contributed by atoms with E-state index in [2.05, 4.69) is 46.4 Å². The van der Waals surface area contributed by atoms with Crippen molar-refractivity contribution in [3.8, 4) is 5.75 Å². The molecular weight excluding hydrogens is 881 g/mol. The Morgan fingerprint density at radius 2 is 1.62 bits per heavy atom. The van der Waals surface area contributed by atoms with Gasteiger partial charge in [-0.05, 0) is 88.9 Å². The van der Waals surface area contributed by atoms with Crippen molar-refractivity contribution in [1.82, 2.24) is 45.7 Å². The summed E-state index contributed by atoms with van der Waals surface area (Å²) < 4.78 is 73.7. The smallest absolute Gasteiger partial charge is 0.408 e. The standard InChI is InChI=1S/C39H54N10O13S2/c1-24-18-28(61-17-6-8-32(50)40-12-13-41-35(52)30(23-63(56,57)58)47-38(55)62-39(3,4)5)19-25(2)33(24)64(59,60)48-29(36(53)54)22-45-34(51)26-9-10-31-27(20-26)21-46-49(31)16-7-11-42-37-43-14-15-44-37/h9-10,14-15,18-21,29-30,48H,6-8,11-13,16-17,22-23H2,1-5H3,(H,40,50)(H,41,52)(H,45,51)(H,47,55)(H,53,54)(H2,42,43,44)(H,56,57,58)/t29-,30-/m0/s1. The molecule has 23 nitrogen and oxygen atoms in total. The number of sulfonamides is 1. The number of carbonyl (C=O) groups excluding carboxylic acids is 4. The molecule has 2 aromatic heterocycles. The number of fused-ring (bicyclic) bond motifs is 1. The Hall–Kier alpha value is -6.31. The highest BCUT2D eigenvalue weighted by molar-refractivity contribution is 7.89. The Kier molecular flexibility index (Phi) is 17.6. The minimum atomic E-state index is -4.65. The van der Waals surface area contributed by atoms with Gasteiger partial charge in [0.05, 0.1) is 23.2 Å². The third-order valence-electron chi connectivity index (χ3n) is 8.95. The topological polar surface area (TPSA) is 331 Å². The van der Waals surface area contributed by atoms with Crippen molar-refractivity contribution in [3.05, 3.63) is 65.6 Å². The first-order chi connectivity index (χ1) is 30.0. The van der Waals surface area contributed by atoms with E-state index in [4.69, 9.17) is 9.47 Å². The third kappa shape index (κ3) is 16.1. The number of aryl methyl sites for hydroxylation is 3. The number of aromatic amines is 1. The molecule has 350 valence electrons. The van der Waals surface area contributed by atoms with E-state index in [1.54, 1.807) is 62.2 Å². The molecule has 64 heavy (non-hydrogen) atoms. The summed E-state index contributed by atoms with van der Waals surface area (Å²) in [6, 6.07) is 4.43. The van der Waals surface area contributed by atoms with E-state index in [-0.39, 0.29) is 54.1 Å². The zero-order valence-electron chi connectivity index (χ0n) is 35.9. The Bertz CT molecular complexity index is 2480. The number of carboxylic acid groups (broad SMARTS) is 1. The number of hydrogen-bond acceptors (Lipinski definition) is 14. The Balaban J connectivity index is 1.21. The summed E-state index contributed by atoms with van der Waals surface area (Å²) >= 11 is 0. The molecule has 4 rings (SSSR count). The molecule has 0 saturated heterocycles.